The van der Waals surface area contributed by atoms with Crippen LogP contribution in [0, 0.1) is 0 Å². The number of hydrogen-bond acceptors (Lipinski definition) is 2. The minimum absolute atomic E-state index is 0.120. The van der Waals surface area contributed by atoms with Gasteiger partial charge in [-0.25, -0.2) is 0 Å². The molecule has 0 radical (unpaired) electrons. The maximum atomic E-state index is 10.8. The predicted molar refractivity (Wildman–Crippen MR) is 45.0 cm³/mol. The summed E-state index contributed by atoms with van der Waals surface area (Å²) in [6.07, 6.45) is 3.30. The second kappa shape index (κ2) is 3.45. The van der Waals surface area contributed by atoms with Gasteiger partial charge in [-0.15, -0.1) is 0 Å². The Balaban J connectivity index is 2.35. The Labute approximate surface area is 64.0 Å². The van der Waals surface area contributed by atoms with Crippen molar-refractivity contribution in [2.75, 3.05) is 0 Å². The van der Waals surface area contributed by atoms with Gasteiger partial charge in [-0.3, -0.25) is 4.79 Å². The summed E-state index contributed by atoms with van der Waals surface area (Å²) >= 11 is 0. The molecule has 0 spiro atoms. The van der Waals surface area contributed by atoms with Crippen LogP contribution in [-0.4, -0.2) is 17.6 Å². The molecule has 3 atom stereocenters. The van der Waals surface area contributed by atoms with Gasteiger partial charge in [-0.2, -0.15) is 0 Å². The molecule has 0 bridgehead atoms. The van der Waals surface area contributed by atoms with E-state index in [4.69, 9.17) is 0 Å². The van der Waals surface area contributed by atoms with Crippen LogP contribution in [0.3, 0.4) is 0 Å². The van der Waals surface area contributed by atoms with Gasteiger partial charge in [0.25, 0.3) is 0 Å². The normalized spacial score (nSPS) is 32.6. The second-order valence-corrected chi connectivity index (χ2v) is 3.37. The van der Waals surface area contributed by atoms with Crippen LogP contribution in [-0.2, 0) is 4.79 Å². The highest BCUT2D eigenvalue weighted by atomic mass is 31.0. The van der Waals surface area contributed by atoms with Gasteiger partial charge in [0.2, 0.25) is 0 Å². The lowest BCUT2D eigenvalue weighted by Crippen LogP contribution is -2.32. The van der Waals surface area contributed by atoms with Crippen molar-refractivity contribution < 1.29 is 4.79 Å². The Bertz CT molecular complexity index is 138. The van der Waals surface area contributed by atoms with Crippen LogP contribution >= 0.6 is 9.24 Å². The lowest BCUT2D eigenvalue weighted by atomic mass is 10.2. The van der Waals surface area contributed by atoms with Crippen molar-refractivity contribution in [3.05, 3.63) is 0 Å². The Morgan fingerprint density at radius 2 is 2.40 bits per heavy atom. The number of nitrogens with one attached hydrogen (secondary N) is 1. The molecule has 1 saturated heterocycles. The van der Waals surface area contributed by atoms with E-state index in [1.165, 1.54) is 0 Å². The predicted octanol–water partition coefficient (Wildman–Crippen LogP) is 0.919. The molecule has 10 heavy (non-hydrogen) atoms. The van der Waals surface area contributed by atoms with E-state index in [0.29, 0.717) is 6.04 Å². The first-order chi connectivity index (χ1) is 4.74. The molecule has 1 aliphatic rings. The number of rotatable bonds is 2. The highest BCUT2D eigenvalue weighted by Gasteiger charge is 2.24. The standard InChI is InChI=1S/C7H14NOP/c1-2-5-3-4-6(8-5)7(9)10/h5-6,8H,2-4,10H2,1H3/t5-,6-/m1/s1. The summed E-state index contributed by atoms with van der Waals surface area (Å²) in [4.78, 5) is 10.8. The smallest absolute Gasteiger partial charge is 0.165 e. The van der Waals surface area contributed by atoms with Gasteiger partial charge in [0.05, 0.1) is 6.04 Å². The molecule has 3 heteroatoms. The maximum absolute atomic E-state index is 10.8. The third kappa shape index (κ3) is 1.77. The Morgan fingerprint density at radius 1 is 1.70 bits per heavy atom. The van der Waals surface area contributed by atoms with E-state index in [1.54, 1.807) is 0 Å². The molecule has 1 unspecified atom stereocenters. The van der Waals surface area contributed by atoms with E-state index in [0.717, 1.165) is 19.3 Å². The summed E-state index contributed by atoms with van der Waals surface area (Å²) in [5.41, 5.74) is 0.205. The lowest BCUT2D eigenvalue weighted by molar-refractivity contribution is -0.112. The minimum Gasteiger partial charge on any atom is -0.304 e. The summed E-state index contributed by atoms with van der Waals surface area (Å²) in [7, 11) is 2.24. The molecule has 2 nitrogen and oxygen atoms in total. The fourth-order valence-electron chi connectivity index (χ4n) is 1.37. The summed E-state index contributed by atoms with van der Waals surface area (Å²) in [5.74, 6) is 0. The van der Waals surface area contributed by atoms with Gasteiger partial charge >= 0.3 is 0 Å². The van der Waals surface area contributed by atoms with Gasteiger partial charge in [0, 0.05) is 6.04 Å². The number of carbonyl (C=O) groups is 1. The first kappa shape index (κ1) is 8.16. The molecule has 1 heterocycles. The van der Waals surface area contributed by atoms with E-state index >= 15 is 0 Å². The van der Waals surface area contributed by atoms with Crippen molar-refractivity contribution in [1.82, 2.24) is 5.32 Å². The summed E-state index contributed by atoms with van der Waals surface area (Å²) in [6.45, 7) is 2.15. The molecule has 0 aromatic rings. The van der Waals surface area contributed by atoms with Gasteiger partial charge in [-0.1, -0.05) is 16.2 Å². The van der Waals surface area contributed by atoms with Crippen LogP contribution < -0.4 is 5.32 Å². The van der Waals surface area contributed by atoms with Crippen LogP contribution in [0.1, 0.15) is 26.2 Å². The van der Waals surface area contributed by atoms with Gasteiger partial charge in [0.15, 0.2) is 5.52 Å². The summed E-state index contributed by atoms with van der Waals surface area (Å²) in [6, 6.07) is 0.699. The van der Waals surface area contributed by atoms with E-state index in [9.17, 15) is 4.79 Å². The molecule has 58 valence electrons. The van der Waals surface area contributed by atoms with Crippen molar-refractivity contribution in [3.63, 3.8) is 0 Å². The third-order valence-corrected chi connectivity index (χ3v) is 2.48. The zero-order valence-corrected chi connectivity index (χ0v) is 7.42. The quantitative estimate of drug-likeness (QED) is 0.607. The lowest BCUT2D eigenvalue weighted by Gasteiger charge is -2.08. The molecular formula is C7H14NOP. The van der Waals surface area contributed by atoms with Crippen molar-refractivity contribution in [3.8, 4) is 0 Å². The molecule has 1 fully saturated rings. The largest absolute Gasteiger partial charge is 0.304 e. The van der Waals surface area contributed by atoms with Crippen LogP contribution in [0.15, 0.2) is 0 Å². The molecule has 1 aliphatic heterocycles. The Kier molecular flexibility index (Phi) is 2.82. The van der Waals surface area contributed by atoms with Gasteiger partial charge < -0.3 is 5.32 Å². The topological polar surface area (TPSA) is 29.1 Å². The monoisotopic (exact) mass is 159 g/mol. The van der Waals surface area contributed by atoms with Crippen molar-refractivity contribution >= 4 is 14.8 Å². The first-order valence-electron chi connectivity index (χ1n) is 3.79. The van der Waals surface area contributed by atoms with Gasteiger partial charge in [-0.05, 0) is 19.3 Å². The van der Waals surface area contributed by atoms with E-state index in [1.807, 2.05) is 0 Å². The Morgan fingerprint density at radius 3 is 2.70 bits per heavy atom. The van der Waals surface area contributed by atoms with E-state index in [-0.39, 0.29) is 11.6 Å². The number of hydrogen-bond donors (Lipinski definition) is 1. The maximum Gasteiger partial charge on any atom is 0.165 e. The minimum atomic E-state index is 0.120. The van der Waals surface area contributed by atoms with E-state index < -0.39 is 0 Å². The SMILES string of the molecule is CC[C@@H]1CC[C@H](C(=O)P)N1. The average Bonchev–Trinajstić information content (AvgIpc) is 2.34. The van der Waals surface area contributed by atoms with E-state index in [2.05, 4.69) is 21.5 Å². The van der Waals surface area contributed by atoms with Crippen molar-refractivity contribution in [2.45, 2.75) is 38.3 Å². The molecule has 1 N–H and O–H groups in total. The molecule has 0 aromatic heterocycles. The zero-order chi connectivity index (χ0) is 7.56. The first-order valence-corrected chi connectivity index (χ1v) is 4.37. The molecular weight excluding hydrogens is 145 g/mol. The fraction of sp³-hybridized carbons (Fsp3) is 0.857. The number of carbonyl (C=O) groups excluding carboxylic acids is 1. The van der Waals surface area contributed by atoms with Gasteiger partial charge in [0.1, 0.15) is 0 Å². The van der Waals surface area contributed by atoms with Crippen LogP contribution in [0.25, 0.3) is 0 Å². The highest BCUT2D eigenvalue weighted by molar-refractivity contribution is 7.40. The fourth-order valence-corrected chi connectivity index (χ4v) is 1.63. The second-order valence-electron chi connectivity index (χ2n) is 2.80. The average molecular weight is 159 g/mol. The molecule has 0 saturated carbocycles. The summed E-state index contributed by atoms with van der Waals surface area (Å²) < 4.78 is 0. The molecule has 1 rings (SSSR count). The summed E-state index contributed by atoms with van der Waals surface area (Å²) in [5, 5.41) is 3.27. The van der Waals surface area contributed by atoms with Crippen LogP contribution in [0.4, 0.5) is 0 Å². The molecule has 0 amide bonds. The Hall–Kier alpha value is 0.0600. The third-order valence-electron chi connectivity index (χ3n) is 2.08. The molecule has 0 aromatic carbocycles. The van der Waals surface area contributed by atoms with Crippen LogP contribution in [0.2, 0.25) is 0 Å². The highest BCUT2D eigenvalue weighted by Crippen LogP contribution is 2.16. The zero-order valence-electron chi connectivity index (χ0n) is 6.26. The van der Waals surface area contributed by atoms with Crippen molar-refractivity contribution in [1.29, 1.82) is 0 Å². The molecule has 0 aliphatic carbocycles. The van der Waals surface area contributed by atoms with Crippen molar-refractivity contribution in [2.24, 2.45) is 0 Å². The van der Waals surface area contributed by atoms with Crippen LogP contribution in [0.5, 0.6) is 0 Å².